The Kier molecular flexibility index (Phi) is 5.60. The zero-order valence-electron chi connectivity index (χ0n) is 11.5. The molecule has 0 N–H and O–H groups in total. The van der Waals surface area contributed by atoms with Gasteiger partial charge < -0.3 is 14.1 Å². The van der Waals surface area contributed by atoms with Crippen LogP contribution in [-0.2, 0) is 9.53 Å². The number of nitrogens with zero attached hydrogens (tertiary/aromatic N) is 1. The lowest BCUT2D eigenvalue weighted by Crippen LogP contribution is -2.41. The smallest absolute Gasteiger partial charge is 0.310 e. The second-order valence-electron chi connectivity index (χ2n) is 4.58. The Morgan fingerprint density at radius 2 is 2.00 bits per heavy atom. The van der Waals surface area contributed by atoms with E-state index in [0.717, 1.165) is 0 Å². The fraction of sp³-hybridized carbons (Fsp3) is 0.538. The molecule has 0 radical (unpaired) electrons. The van der Waals surface area contributed by atoms with Crippen molar-refractivity contribution in [3.05, 3.63) is 22.6 Å². The van der Waals surface area contributed by atoms with Crippen LogP contribution >= 0.6 is 15.9 Å². The third-order valence-corrected chi connectivity index (χ3v) is 3.17. The van der Waals surface area contributed by atoms with E-state index in [0.29, 0.717) is 11.2 Å². The second-order valence-corrected chi connectivity index (χ2v) is 5.36. The third-order valence-electron chi connectivity index (χ3n) is 2.74. The molecule has 0 spiro atoms. The van der Waals surface area contributed by atoms with Crippen molar-refractivity contribution in [1.82, 2.24) is 4.90 Å². The van der Waals surface area contributed by atoms with E-state index >= 15 is 0 Å². The van der Waals surface area contributed by atoms with Gasteiger partial charge in [0.1, 0.15) is 0 Å². The molecule has 1 atom stereocenters. The zero-order chi connectivity index (χ0) is 14.6. The van der Waals surface area contributed by atoms with Crippen molar-refractivity contribution >= 4 is 27.8 Å². The first kappa shape index (κ1) is 15.8. The van der Waals surface area contributed by atoms with Gasteiger partial charge in [-0.15, -0.1) is 0 Å². The molecule has 0 fully saturated rings. The summed E-state index contributed by atoms with van der Waals surface area (Å²) < 4.78 is 10.4. The summed E-state index contributed by atoms with van der Waals surface area (Å²) in [6, 6.07) is 3.23. The van der Waals surface area contributed by atoms with Gasteiger partial charge in [-0.2, -0.15) is 0 Å². The average Bonchev–Trinajstić information content (AvgIpc) is 2.80. The van der Waals surface area contributed by atoms with E-state index in [1.54, 1.807) is 24.0 Å². The molecular formula is C13H18BrNO4. The van der Waals surface area contributed by atoms with Gasteiger partial charge in [0.25, 0.3) is 5.91 Å². The molecule has 6 heteroatoms. The predicted octanol–water partition coefficient (Wildman–Crippen LogP) is 2.70. The minimum absolute atomic E-state index is 0.0384. The first-order valence-corrected chi connectivity index (χ1v) is 6.80. The molecule has 0 saturated carbocycles. The Bertz CT molecular complexity index is 455. The summed E-state index contributed by atoms with van der Waals surface area (Å²) in [4.78, 5) is 25.3. The topological polar surface area (TPSA) is 59.8 Å². The van der Waals surface area contributed by atoms with Crippen LogP contribution in [0.15, 0.2) is 21.2 Å². The van der Waals surface area contributed by atoms with Crippen molar-refractivity contribution in [2.75, 3.05) is 13.7 Å². The first-order valence-electron chi connectivity index (χ1n) is 6.01. The van der Waals surface area contributed by atoms with Crippen molar-refractivity contribution in [2.45, 2.75) is 26.8 Å². The zero-order valence-corrected chi connectivity index (χ0v) is 13.1. The van der Waals surface area contributed by atoms with Gasteiger partial charge in [-0.1, -0.05) is 6.92 Å². The van der Waals surface area contributed by atoms with Gasteiger partial charge in [0, 0.05) is 12.6 Å². The lowest BCUT2D eigenvalue weighted by Gasteiger charge is -2.27. The number of amides is 1. The number of carbonyl (C=O) groups is 2. The van der Waals surface area contributed by atoms with Crippen LogP contribution in [0.2, 0.25) is 0 Å². The molecule has 1 aromatic heterocycles. The summed E-state index contributed by atoms with van der Waals surface area (Å²) in [5, 5.41) is 0. The Morgan fingerprint density at radius 3 is 2.42 bits per heavy atom. The lowest BCUT2D eigenvalue weighted by molar-refractivity contribution is -0.145. The second kappa shape index (κ2) is 6.75. The molecule has 0 saturated heterocycles. The number of esters is 1. The highest BCUT2D eigenvalue weighted by atomic mass is 79.9. The van der Waals surface area contributed by atoms with Crippen LogP contribution in [0.1, 0.15) is 31.3 Å². The molecule has 19 heavy (non-hydrogen) atoms. The highest BCUT2D eigenvalue weighted by molar-refractivity contribution is 9.10. The van der Waals surface area contributed by atoms with Gasteiger partial charge in [-0.25, -0.2) is 0 Å². The Hall–Kier alpha value is -1.30. The standard InChI is InChI=1S/C13H18BrNO4/c1-8(2)15(7-9(3)13(17)18-4)12(16)10-5-6-11(14)19-10/h5-6,8-9H,7H2,1-4H3. The molecule has 0 aliphatic heterocycles. The highest BCUT2D eigenvalue weighted by Gasteiger charge is 2.26. The van der Waals surface area contributed by atoms with Gasteiger partial charge in [0.15, 0.2) is 10.4 Å². The van der Waals surface area contributed by atoms with Gasteiger partial charge in [-0.3, -0.25) is 9.59 Å². The van der Waals surface area contributed by atoms with E-state index in [9.17, 15) is 9.59 Å². The van der Waals surface area contributed by atoms with Crippen LogP contribution in [0.3, 0.4) is 0 Å². The number of rotatable bonds is 5. The van der Waals surface area contributed by atoms with Crippen molar-refractivity contribution in [2.24, 2.45) is 5.92 Å². The molecule has 0 aliphatic rings. The van der Waals surface area contributed by atoms with Crippen molar-refractivity contribution in [1.29, 1.82) is 0 Å². The SMILES string of the molecule is COC(=O)C(C)CN(C(=O)c1ccc(Br)o1)C(C)C. The monoisotopic (exact) mass is 331 g/mol. The summed E-state index contributed by atoms with van der Waals surface area (Å²) in [6.07, 6.45) is 0. The minimum atomic E-state index is -0.380. The van der Waals surface area contributed by atoms with E-state index < -0.39 is 0 Å². The summed E-state index contributed by atoms with van der Waals surface area (Å²) in [7, 11) is 1.34. The van der Waals surface area contributed by atoms with Crippen molar-refractivity contribution < 1.29 is 18.7 Å². The Balaban J connectivity index is 2.83. The van der Waals surface area contributed by atoms with Crippen LogP contribution in [-0.4, -0.2) is 36.5 Å². The molecule has 1 rings (SSSR count). The molecule has 1 unspecified atom stereocenters. The fourth-order valence-electron chi connectivity index (χ4n) is 1.67. The Labute approximate surface area is 121 Å². The highest BCUT2D eigenvalue weighted by Crippen LogP contribution is 2.18. The summed E-state index contributed by atoms with van der Waals surface area (Å²) in [5.74, 6) is -0.706. The van der Waals surface area contributed by atoms with E-state index in [2.05, 4.69) is 20.7 Å². The molecular weight excluding hydrogens is 314 g/mol. The maximum absolute atomic E-state index is 12.3. The number of methoxy groups -OCH3 is 1. The fourth-order valence-corrected chi connectivity index (χ4v) is 1.98. The average molecular weight is 332 g/mol. The number of hydrogen-bond donors (Lipinski definition) is 0. The minimum Gasteiger partial charge on any atom is -0.469 e. The summed E-state index contributed by atoms with van der Waals surface area (Å²) >= 11 is 3.16. The first-order chi connectivity index (χ1) is 8.86. The molecule has 0 aromatic carbocycles. The molecule has 5 nitrogen and oxygen atoms in total. The van der Waals surface area contributed by atoms with Crippen molar-refractivity contribution in [3.8, 4) is 0 Å². The number of halogens is 1. The van der Waals surface area contributed by atoms with Crippen LogP contribution in [0, 0.1) is 5.92 Å². The Morgan fingerprint density at radius 1 is 1.37 bits per heavy atom. The number of furan rings is 1. The van der Waals surface area contributed by atoms with Crippen LogP contribution in [0.25, 0.3) is 0 Å². The maximum Gasteiger partial charge on any atom is 0.310 e. The maximum atomic E-state index is 12.3. The molecule has 1 heterocycles. The van der Waals surface area contributed by atoms with E-state index in [-0.39, 0.29) is 29.6 Å². The van der Waals surface area contributed by atoms with E-state index in [4.69, 9.17) is 4.42 Å². The molecule has 1 aromatic rings. The largest absolute Gasteiger partial charge is 0.469 e. The molecule has 106 valence electrons. The lowest BCUT2D eigenvalue weighted by atomic mass is 10.1. The van der Waals surface area contributed by atoms with Gasteiger partial charge in [0.2, 0.25) is 0 Å². The van der Waals surface area contributed by atoms with E-state index in [1.165, 1.54) is 7.11 Å². The molecule has 0 bridgehead atoms. The van der Waals surface area contributed by atoms with Crippen molar-refractivity contribution in [3.63, 3.8) is 0 Å². The van der Waals surface area contributed by atoms with Gasteiger partial charge >= 0.3 is 5.97 Å². The van der Waals surface area contributed by atoms with E-state index in [1.807, 2.05) is 13.8 Å². The summed E-state index contributed by atoms with van der Waals surface area (Å²) in [6.45, 7) is 5.80. The normalized spacial score (nSPS) is 12.3. The quantitative estimate of drug-likeness (QED) is 0.778. The predicted molar refractivity (Wildman–Crippen MR) is 73.8 cm³/mol. The van der Waals surface area contributed by atoms with Crippen LogP contribution in [0.4, 0.5) is 0 Å². The third kappa shape index (κ3) is 4.09. The summed E-state index contributed by atoms with van der Waals surface area (Å²) in [5.41, 5.74) is 0. The van der Waals surface area contributed by atoms with Gasteiger partial charge in [0.05, 0.1) is 13.0 Å². The van der Waals surface area contributed by atoms with Gasteiger partial charge in [-0.05, 0) is 41.9 Å². The number of ether oxygens (including phenoxy) is 1. The van der Waals surface area contributed by atoms with Crippen LogP contribution in [0.5, 0.6) is 0 Å². The molecule has 0 aliphatic carbocycles. The number of carbonyl (C=O) groups excluding carboxylic acids is 2. The molecule has 1 amide bonds. The van der Waals surface area contributed by atoms with Crippen LogP contribution < -0.4 is 0 Å². The number of hydrogen-bond acceptors (Lipinski definition) is 4.